The molecule has 19 heavy (non-hydrogen) atoms. The Kier molecular flexibility index (Phi) is 4.77. The SMILES string of the molecule is CN(CC(=O)N(C)c1ccc(N)cc1)CC(F)(F)F. The van der Waals surface area contributed by atoms with Crippen LogP contribution in [-0.2, 0) is 4.79 Å². The lowest BCUT2D eigenvalue weighted by Crippen LogP contribution is -2.40. The van der Waals surface area contributed by atoms with Crippen LogP contribution >= 0.6 is 0 Å². The molecule has 0 bridgehead atoms. The maximum atomic E-state index is 12.1. The fraction of sp³-hybridized carbons (Fsp3) is 0.417. The van der Waals surface area contributed by atoms with Crippen LogP contribution in [0.3, 0.4) is 0 Å². The molecule has 4 nitrogen and oxygen atoms in total. The number of halogens is 3. The molecule has 106 valence electrons. The van der Waals surface area contributed by atoms with E-state index in [1.807, 2.05) is 0 Å². The molecule has 0 saturated heterocycles. The number of alkyl halides is 3. The monoisotopic (exact) mass is 275 g/mol. The Morgan fingerprint density at radius 1 is 1.21 bits per heavy atom. The van der Waals surface area contributed by atoms with Crippen molar-refractivity contribution in [3.63, 3.8) is 0 Å². The first-order chi connectivity index (χ1) is 8.69. The van der Waals surface area contributed by atoms with Crippen LogP contribution in [0.2, 0.25) is 0 Å². The van der Waals surface area contributed by atoms with Crippen molar-refractivity contribution in [1.82, 2.24) is 4.90 Å². The Morgan fingerprint density at radius 2 is 1.74 bits per heavy atom. The summed E-state index contributed by atoms with van der Waals surface area (Å²) in [5.74, 6) is -0.420. The summed E-state index contributed by atoms with van der Waals surface area (Å²) in [4.78, 5) is 14.0. The van der Waals surface area contributed by atoms with Gasteiger partial charge in [0.2, 0.25) is 5.91 Å². The van der Waals surface area contributed by atoms with Crippen LogP contribution in [0.4, 0.5) is 24.5 Å². The second-order valence-electron chi connectivity index (χ2n) is 4.33. The predicted molar refractivity (Wildman–Crippen MR) is 67.8 cm³/mol. The molecule has 0 aliphatic heterocycles. The highest BCUT2D eigenvalue weighted by Gasteiger charge is 2.30. The molecule has 1 aromatic rings. The number of hydrogen-bond acceptors (Lipinski definition) is 3. The number of nitrogen functional groups attached to an aromatic ring is 1. The first kappa shape index (κ1) is 15.3. The molecule has 0 saturated carbocycles. The highest BCUT2D eigenvalue weighted by Crippen LogP contribution is 2.17. The third-order valence-corrected chi connectivity index (χ3v) is 2.51. The summed E-state index contributed by atoms with van der Waals surface area (Å²) in [5.41, 5.74) is 6.65. The highest BCUT2D eigenvalue weighted by atomic mass is 19.4. The van der Waals surface area contributed by atoms with E-state index in [2.05, 4.69) is 0 Å². The summed E-state index contributed by atoms with van der Waals surface area (Å²) in [7, 11) is 2.76. The largest absolute Gasteiger partial charge is 0.401 e. The maximum absolute atomic E-state index is 12.1. The van der Waals surface area contributed by atoms with Crippen LogP contribution in [0.25, 0.3) is 0 Å². The number of likely N-dealkylation sites (N-methyl/N-ethyl adjacent to an activating group) is 2. The van der Waals surface area contributed by atoms with Crippen LogP contribution in [0, 0.1) is 0 Å². The highest BCUT2D eigenvalue weighted by molar-refractivity contribution is 5.94. The molecular formula is C12H16F3N3O. The number of carbonyl (C=O) groups excluding carboxylic acids is 1. The summed E-state index contributed by atoms with van der Waals surface area (Å²) in [6.07, 6.45) is -4.31. The zero-order valence-corrected chi connectivity index (χ0v) is 10.7. The van der Waals surface area contributed by atoms with Crippen molar-refractivity contribution in [3.05, 3.63) is 24.3 Å². The van der Waals surface area contributed by atoms with Crippen LogP contribution in [0.1, 0.15) is 0 Å². The molecule has 0 heterocycles. The number of hydrogen-bond donors (Lipinski definition) is 1. The lowest BCUT2D eigenvalue weighted by Gasteiger charge is -2.22. The van der Waals surface area contributed by atoms with Gasteiger partial charge in [0.15, 0.2) is 0 Å². The van der Waals surface area contributed by atoms with E-state index in [0.717, 1.165) is 4.90 Å². The van der Waals surface area contributed by atoms with Crippen LogP contribution in [0.15, 0.2) is 24.3 Å². The van der Waals surface area contributed by atoms with Gasteiger partial charge in [-0.3, -0.25) is 9.69 Å². The summed E-state index contributed by atoms with van der Waals surface area (Å²) < 4.78 is 36.4. The third kappa shape index (κ3) is 5.17. The van der Waals surface area contributed by atoms with Crippen molar-refractivity contribution in [1.29, 1.82) is 0 Å². The Morgan fingerprint density at radius 3 is 2.21 bits per heavy atom. The third-order valence-electron chi connectivity index (χ3n) is 2.51. The maximum Gasteiger partial charge on any atom is 0.401 e. The number of amides is 1. The summed E-state index contributed by atoms with van der Waals surface area (Å²) in [6, 6.07) is 6.52. The van der Waals surface area contributed by atoms with E-state index in [1.54, 1.807) is 24.3 Å². The van der Waals surface area contributed by atoms with E-state index in [1.165, 1.54) is 19.0 Å². The molecule has 0 spiro atoms. The molecule has 1 amide bonds. The van der Waals surface area contributed by atoms with Gasteiger partial charge in [0.1, 0.15) is 0 Å². The van der Waals surface area contributed by atoms with E-state index in [-0.39, 0.29) is 6.54 Å². The number of carbonyl (C=O) groups is 1. The van der Waals surface area contributed by atoms with Gasteiger partial charge in [-0.25, -0.2) is 0 Å². The van der Waals surface area contributed by atoms with E-state index >= 15 is 0 Å². The molecule has 0 aliphatic rings. The Balaban J connectivity index is 2.60. The fourth-order valence-electron chi connectivity index (χ4n) is 1.54. The fourth-order valence-corrected chi connectivity index (χ4v) is 1.54. The minimum Gasteiger partial charge on any atom is -0.399 e. The standard InChI is InChI=1S/C12H16F3N3O/c1-17(8-12(13,14)15)7-11(19)18(2)10-5-3-9(16)4-6-10/h3-6H,7-8,16H2,1-2H3. The summed E-state index contributed by atoms with van der Waals surface area (Å²) >= 11 is 0. The molecule has 0 aromatic heterocycles. The zero-order valence-electron chi connectivity index (χ0n) is 10.7. The van der Waals surface area contributed by atoms with E-state index in [4.69, 9.17) is 5.73 Å². The van der Waals surface area contributed by atoms with Crippen molar-refractivity contribution in [2.45, 2.75) is 6.18 Å². The molecular weight excluding hydrogens is 259 g/mol. The molecule has 0 unspecified atom stereocenters. The number of benzene rings is 1. The summed E-state index contributed by atoms with van der Waals surface area (Å²) in [6.45, 7) is -1.42. The number of nitrogens with zero attached hydrogens (tertiary/aromatic N) is 2. The number of nitrogens with two attached hydrogens (primary N) is 1. The van der Waals surface area contributed by atoms with Gasteiger partial charge in [0.25, 0.3) is 0 Å². The first-order valence-electron chi connectivity index (χ1n) is 5.56. The number of rotatable bonds is 4. The van der Waals surface area contributed by atoms with Gasteiger partial charge >= 0.3 is 6.18 Å². The first-order valence-corrected chi connectivity index (χ1v) is 5.56. The predicted octanol–water partition coefficient (Wildman–Crippen LogP) is 1.73. The van der Waals surface area contributed by atoms with Crippen LogP contribution < -0.4 is 10.6 Å². The second-order valence-corrected chi connectivity index (χ2v) is 4.33. The molecule has 1 aromatic carbocycles. The smallest absolute Gasteiger partial charge is 0.399 e. The lowest BCUT2D eigenvalue weighted by atomic mass is 10.2. The molecule has 0 radical (unpaired) electrons. The van der Waals surface area contributed by atoms with Gasteiger partial charge in [-0.05, 0) is 31.3 Å². The Labute approximate surface area is 109 Å². The molecule has 0 fully saturated rings. The molecule has 7 heteroatoms. The van der Waals surface area contributed by atoms with Crippen molar-refractivity contribution in [3.8, 4) is 0 Å². The van der Waals surface area contributed by atoms with Gasteiger partial charge in [0, 0.05) is 18.4 Å². The average Bonchev–Trinajstić information content (AvgIpc) is 2.26. The Bertz CT molecular complexity index is 431. The molecule has 0 atom stereocenters. The molecule has 1 rings (SSSR count). The molecule has 0 aliphatic carbocycles. The van der Waals surface area contributed by atoms with Crippen LogP contribution in [0.5, 0.6) is 0 Å². The van der Waals surface area contributed by atoms with Crippen molar-refractivity contribution < 1.29 is 18.0 Å². The quantitative estimate of drug-likeness (QED) is 0.851. The topological polar surface area (TPSA) is 49.6 Å². The van der Waals surface area contributed by atoms with E-state index < -0.39 is 18.6 Å². The lowest BCUT2D eigenvalue weighted by molar-refractivity contribution is -0.145. The van der Waals surface area contributed by atoms with Gasteiger partial charge in [-0.2, -0.15) is 13.2 Å². The minimum atomic E-state index is -4.31. The van der Waals surface area contributed by atoms with Crippen LogP contribution in [-0.4, -0.2) is 44.2 Å². The summed E-state index contributed by atoms with van der Waals surface area (Å²) in [5, 5.41) is 0. The van der Waals surface area contributed by atoms with Crippen molar-refractivity contribution in [2.24, 2.45) is 0 Å². The van der Waals surface area contributed by atoms with Gasteiger partial charge in [-0.1, -0.05) is 0 Å². The van der Waals surface area contributed by atoms with Crippen molar-refractivity contribution >= 4 is 17.3 Å². The van der Waals surface area contributed by atoms with Crippen molar-refractivity contribution in [2.75, 3.05) is 37.8 Å². The van der Waals surface area contributed by atoms with Gasteiger partial charge in [0.05, 0.1) is 13.1 Å². The second kappa shape index (κ2) is 5.92. The van der Waals surface area contributed by atoms with E-state index in [9.17, 15) is 18.0 Å². The Hall–Kier alpha value is -1.76. The molecule has 2 N–H and O–H groups in total. The average molecular weight is 275 g/mol. The van der Waals surface area contributed by atoms with Gasteiger partial charge < -0.3 is 10.6 Å². The normalized spacial score (nSPS) is 11.7. The minimum absolute atomic E-state index is 0.305. The van der Waals surface area contributed by atoms with Gasteiger partial charge in [-0.15, -0.1) is 0 Å². The zero-order chi connectivity index (χ0) is 14.6. The van der Waals surface area contributed by atoms with E-state index in [0.29, 0.717) is 11.4 Å². The number of anilines is 2.